The maximum Gasteiger partial charge on any atom is 0.127 e. The molecule has 0 heterocycles. The molecule has 2 atom stereocenters. The van der Waals surface area contributed by atoms with Crippen molar-refractivity contribution in [3.8, 4) is 6.07 Å². The third-order valence-electron chi connectivity index (χ3n) is 3.23. The van der Waals surface area contributed by atoms with E-state index < -0.39 is 5.41 Å². The van der Waals surface area contributed by atoms with Gasteiger partial charge in [0.2, 0.25) is 0 Å². The minimum absolute atomic E-state index is 0.00465. The zero-order chi connectivity index (χ0) is 11.8. The number of hydrogen-bond donors (Lipinski definition) is 1. The fraction of sp³-hybridized carbons (Fsp3) is 0.417. The van der Waals surface area contributed by atoms with Crippen molar-refractivity contribution in [2.24, 2.45) is 5.92 Å². The smallest absolute Gasteiger partial charge is 0.127 e. The van der Waals surface area contributed by atoms with E-state index in [0.29, 0.717) is 16.4 Å². The van der Waals surface area contributed by atoms with Crippen molar-refractivity contribution >= 4 is 22.6 Å². The normalized spacial score (nSPS) is 27.5. The Morgan fingerprint density at radius 3 is 2.88 bits per heavy atom. The van der Waals surface area contributed by atoms with E-state index in [1.165, 1.54) is 6.07 Å². The van der Waals surface area contributed by atoms with E-state index in [0.717, 1.165) is 5.56 Å². The number of rotatable bonds is 3. The maximum atomic E-state index is 13.3. The van der Waals surface area contributed by atoms with Crippen LogP contribution in [0.25, 0.3) is 0 Å². The molecule has 0 bridgehead atoms. The molecule has 4 heteroatoms. The van der Waals surface area contributed by atoms with Crippen LogP contribution in [0.2, 0.25) is 0 Å². The summed E-state index contributed by atoms with van der Waals surface area (Å²) >= 11 is 2.10. The van der Waals surface area contributed by atoms with Crippen LogP contribution in [0.1, 0.15) is 17.5 Å². The molecular weight excluding hydrogens is 320 g/mol. The maximum absolute atomic E-state index is 13.3. The van der Waals surface area contributed by atoms with Gasteiger partial charge in [-0.15, -0.1) is 0 Å². The zero-order valence-corrected chi connectivity index (χ0v) is 10.7. The van der Waals surface area contributed by atoms with Crippen LogP contribution in [-0.4, -0.2) is 11.7 Å². The Bertz CT molecular complexity index is 457. The fourth-order valence-electron chi connectivity index (χ4n) is 2.06. The summed E-state index contributed by atoms with van der Waals surface area (Å²) in [5.74, 6) is -0.225. The molecule has 0 amide bonds. The number of hydrogen-bond acceptors (Lipinski definition) is 2. The lowest BCUT2D eigenvalue weighted by Gasteiger charge is -2.10. The van der Waals surface area contributed by atoms with Crippen molar-refractivity contribution < 1.29 is 9.50 Å². The number of alkyl halides is 1. The molecule has 2 rings (SSSR count). The van der Waals surface area contributed by atoms with Gasteiger partial charge in [0.1, 0.15) is 5.82 Å². The first-order valence-corrected chi connectivity index (χ1v) is 6.57. The summed E-state index contributed by atoms with van der Waals surface area (Å²) in [4.78, 5) is 0. The highest BCUT2D eigenvalue weighted by Crippen LogP contribution is 2.53. The van der Waals surface area contributed by atoms with Crippen LogP contribution < -0.4 is 0 Å². The lowest BCUT2D eigenvalue weighted by atomic mass is 9.93. The highest BCUT2D eigenvalue weighted by Gasteiger charge is 2.55. The second kappa shape index (κ2) is 4.30. The van der Waals surface area contributed by atoms with Gasteiger partial charge in [0, 0.05) is 17.0 Å². The van der Waals surface area contributed by atoms with Gasteiger partial charge in [0.25, 0.3) is 0 Å². The third kappa shape index (κ3) is 1.72. The van der Waals surface area contributed by atoms with E-state index in [1.54, 1.807) is 12.1 Å². The number of nitriles is 1. The van der Waals surface area contributed by atoms with Crippen LogP contribution in [0.4, 0.5) is 4.39 Å². The van der Waals surface area contributed by atoms with E-state index in [4.69, 9.17) is 5.11 Å². The van der Waals surface area contributed by atoms with Crippen molar-refractivity contribution in [2.75, 3.05) is 6.61 Å². The first kappa shape index (κ1) is 11.8. The predicted molar refractivity (Wildman–Crippen MR) is 66.6 cm³/mol. The van der Waals surface area contributed by atoms with Crippen molar-refractivity contribution in [3.63, 3.8) is 0 Å². The topological polar surface area (TPSA) is 44.0 Å². The fourth-order valence-corrected chi connectivity index (χ4v) is 2.64. The summed E-state index contributed by atoms with van der Waals surface area (Å²) in [6, 6.07) is 7.07. The lowest BCUT2D eigenvalue weighted by Crippen LogP contribution is -2.10. The molecule has 0 saturated heterocycles. The molecule has 84 valence electrons. The highest BCUT2D eigenvalue weighted by molar-refractivity contribution is 14.1. The molecule has 1 aromatic rings. The van der Waals surface area contributed by atoms with Crippen molar-refractivity contribution in [1.82, 2.24) is 0 Å². The second-order valence-corrected chi connectivity index (χ2v) is 4.87. The van der Waals surface area contributed by atoms with Crippen molar-refractivity contribution in [3.05, 3.63) is 35.1 Å². The minimum Gasteiger partial charge on any atom is -0.396 e. The van der Waals surface area contributed by atoms with Crippen LogP contribution >= 0.6 is 22.6 Å². The monoisotopic (exact) mass is 331 g/mol. The second-order valence-electron chi connectivity index (χ2n) is 4.11. The van der Waals surface area contributed by atoms with Crippen molar-refractivity contribution in [2.45, 2.75) is 16.3 Å². The molecule has 1 N–H and O–H groups in total. The molecule has 2 nitrogen and oxygen atoms in total. The lowest BCUT2D eigenvalue weighted by molar-refractivity contribution is 0.269. The van der Waals surface area contributed by atoms with Crippen LogP contribution in [0, 0.1) is 23.1 Å². The summed E-state index contributed by atoms with van der Waals surface area (Å²) in [7, 11) is 0. The molecular formula is C12H11FINO. The van der Waals surface area contributed by atoms with Gasteiger partial charge in [-0.3, -0.25) is 0 Å². The van der Waals surface area contributed by atoms with Crippen LogP contribution in [-0.2, 0) is 9.84 Å². The van der Waals surface area contributed by atoms with Gasteiger partial charge < -0.3 is 5.11 Å². The predicted octanol–water partition coefficient (Wildman–Crippen LogP) is 2.53. The van der Waals surface area contributed by atoms with E-state index >= 15 is 0 Å². The van der Waals surface area contributed by atoms with Gasteiger partial charge in [-0.2, -0.15) is 5.26 Å². The zero-order valence-electron chi connectivity index (χ0n) is 8.58. The number of halogens is 2. The quantitative estimate of drug-likeness (QED) is 0.683. The van der Waals surface area contributed by atoms with Crippen molar-refractivity contribution in [1.29, 1.82) is 5.26 Å². The van der Waals surface area contributed by atoms with Gasteiger partial charge >= 0.3 is 0 Å². The van der Waals surface area contributed by atoms with Gasteiger partial charge in [-0.1, -0.05) is 34.7 Å². The summed E-state index contributed by atoms with van der Waals surface area (Å²) < 4.78 is 13.9. The first-order valence-electron chi connectivity index (χ1n) is 5.05. The van der Waals surface area contributed by atoms with Gasteiger partial charge in [0.15, 0.2) is 0 Å². The molecule has 1 fully saturated rings. The average Bonchev–Trinajstić information content (AvgIpc) is 3.04. The van der Waals surface area contributed by atoms with Crippen LogP contribution in [0.3, 0.4) is 0 Å². The molecule has 0 aliphatic heterocycles. The molecule has 1 unspecified atom stereocenters. The van der Waals surface area contributed by atoms with Gasteiger partial charge in [-0.05, 0) is 23.6 Å². The van der Waals surface area contributed by atoms with Crippen LogP contribution in [0.5, 0.6) is 0 Å². The Morgan fingerprint density at radius 2 is 2.38 bits per heavy atom. The van der Waals surface area contributed by atoms with E-state index in [9.17, 15) is 9.65 Å². The molecule has 0 aromatic heterocycles. The number of nitrogens with zero attached hydrogens (tertiary/aromatic N) is 1. The molecule has 0 spiro atoms. The Balaban J connectivity index is 2.39. The molecule has 16 heavy (non-hydrogen) atoms. The van der Waals surface area contributed by atoms with Crippen LogP contribution in [0.15, 0.2) is 18.2 Å². The van der Waals surface area contributed by atoms with E-state index in [-0.39, 0.29) is 18.3 Å². The molecule has 1 saturated carbocycles. The SMILES string of the molecule is N#CC1(c2ccc(F)c(CI)c2)C[C@H]1CO. The third-order valence-corrected chi connectivity index (χ3v) is 4.05. The summed E-state index contributed by atoms with van der Waals surface area (Å²) in [5, 5.41) is 18.3. The summed E-state index contributed by atoms with van der Waals surface area (Å²) in [6.45, 7) is 0.0184. The molecule has 0 radical (unpaired) electrons. The van der Waals surface area contributed by atoms with Gasteiger partial charge in [0.05, 0.1) is 11.5 Å². The van der Waals surface area contributed by atoms with Gasteiger partial charge in [-0.25, -0.2) is 4.39 Å². The number of aliphatic hydroxyl groups is 1. The average molecular weight is 331 g/mol. The first-order chi connectivity index (χ1) is 7.67. The molecule has 1 aliphatic rings. The minimum atomic E-state index is -0.580. The standard InChI is InChI=1S/C12H11FINO/c13-11-2-1-9(3-8(11)5-14)12(7-15)4-10(12)6-16/h1-3,10,16H,4-6H2/t10-,12?/m0/s1. The molecule has 1 aromatic carbocycles. The Morgan fingerprint density at radius 1 is 1.62 bits per heavy atom. The highest BCUT2D eigenvalue weighted by atomic mass is 127. The summed E-state index contributed by atoms with van der Waals surface area (Å²) in [5.41, 5.74) is 0.877. The van der Waals surface area contributed by atoms with E-state index in [1.807, 2.05) is 0 Å². The molecule has 1 aliphatic carbocycles. The Kier molecular flexibility index (Phi) is 3.17. The Hall–Kier alpha value is -0.670. The number of benzene rings is 1. The largest absolute Gasteiger partial charge is 0.396 e. The summed E-state index contributed by atoms with van der Waals surface area (Å²) in [6.07, 6.45) is 0.673. The Labute approximate surface area is 107 Å². The number of aliphatic hydroxyl groups excluding tert-OH is 1. The van der Waals surface area contributed by atoms with E-state index in [2.05, 4.69) is 28.7 Å².